The van der Waals surface area contributed by atoms with Gasteiger partial charge in [-0.3, -0.25) is 14.5 Å². The summed E-state index contributed by atoms with van der Waals surface area (Å²) in [6, 6.07) is 19.5. The molecule has 42 heavy (non-hydrogen) atoms. The van der Waals surface area contributed by atoms with Crippen LogP contribution in [0.5, 0.6) is 11.5 Å². The Balaban J connectivity index is 1.50. The molecule has 2 aliphatic heterocycles. The molecule has 0 N–H and O–H groups in total. The van der Waals surface area contributed by atoms with Gasteiger partial charge in [0, 0.05) is 29.8 Å². The molecule has 0 unspecified atom stereocenters. The van der Waals surface area contributed by atoms with Crippen LogP contribution in [0.2, 0.25) is 5.02 Å². The molecule has 5 rings (SSSR count). The summed E-state index contributed by atoms with van der Waals surface area (Å²) in [6.07, 6.45) is 0.201. The van der Waals surface area contributed by atoms with Gasteiger partial charge in [0.25, 0.3) is 0 Å². The van der Waals surface area contributed by atoms with Crippen molar-refractivity contribution < 1.29 is 19.1 Å². The summed E-state index contributed by atoms with van der Waals surface area (Å²) < 4.78 is 11.7. The van der Waals surface area contributed by atoms with E-state index in [1.165, 1.54) is 0 Å². The smallest absolute Gasteiger partial charge is 0.237 e. The number of anilines is 1. The number of amides is 2. The van der Waals surface area contributed by atoms with E-state index >= 15 is 0 Å². The third-order valence-corrected chi connectivity index (χ3v) is 8.53. The van der Waals surface area contributed by atoms with Crippen molar-refractivity contribution in [2.45, 2.75) is 65.3 Å². The second-order valence-electron chi connectivity index (χ2n) is 11.7. The number of fused-ring (bicyclic) bond motifs is 1. The summed E-state index contributed by atoms with van der Waals surface area (Å²) in [6.45, 7) is 12.3. The first-order valence-corrected chi connectivity index (χ1v) is 15.0. The number of piperazine rings is 1. The Morgan fingerprint density at radius 1 is 0.857 bits per heavy atom. The van der Waals surface area contributed by atoms with Crippen LogP contribution in [0.15, 0.2) is 60.7 Å². The fourth-order valence-corrected chi connectivity index (χ4v) is 6.10. The summed E-state index contributed by atoms with van der Waals surface area (Å²) >= 11 is 6.25. The maximum Gasteiger partial charge on any atom is 0.237 e. The van der Waals surface area contributed by atoms with E-state index in [2.05, 4.69) is 25.7 Å². The van der Waals surface area contributed by atoms with Crippen LogP contribution in [0, 0.1) is 0 Å². The van der Waals surface area contributed by atoms with E-state index in [1.807, 2.05) is 84.3 Å². The number of ether oxygens (including phenoxy) is 2. The minimum absolute atomic E-state index is 0.0113. The number of methoxy groups -OCH3 is 1. The number of carbonyl (C=O) groups excluding carboxylic acids is 2. The molecule has 222 valence electrons. The molecular weight excluding hydrogens is 550 g/mol. The average molecular weight is 590 g/mol. The number of nitrogens with zero attached hydrogens (tertiary/aromatic N) is 3. The lowest BCUT2D eigenvalue weighted by atomic mass is 9.86. The number of hydrogen-bond acceptors (Lipinski definition) is 5. The SMILES string of the molecule is COc1cc2c(cc1OC(C)C)[C@H](c1ccc(Cl)cc1)N(c1ccc([C@H](C)N3CCN(C(C)C)CC3=O)cc1)C(=O)C2. The van der Waals surface area contributed by atoms with Crippen LogP contribution in [-0.2, 0) is 16.0 Å². The molecule has 0 radical (unpaired) electrons. The second-order valence-corrected chi connectivity index (χ2v) is 12.1. The molecular formula is C34H40ClN3O4. The van der Waals surface area contributed by atoms with Crippen LogP contribution < -0.4 is 14.4 Å². The molecule has 0 aromatic heterocycles. The van der Waals surface area contributed by atoms with Crippen LogP contribution in [-0.4, -0.2) is 60.5 Å². The molecule has 2 aliphatic rings. The number of hydrogen-bond donors (Lipinski definition) is 0. The molecule has 3 aromatic carbocycles. The van der Waals surface area contributed by atoms with Crippen molar-refractivity contribution in [2.75, 3.05) is 31.6 Å². The summed E-state index contributed by atoms with van der Waals surface area (Å²) in [5, 5.41) is 0.633. The van der Waals surface area contributed by atoms with Gasteiger partial charge in [-0.1, -0.05) is 35.9 Å². The lowest BCUT2D eigenvalue weighted by molar-refractivity contribution is -0.139. The summed E-state index contributed by atoms with van der Waals surface area (Å²) in [5.74, 6) is 1.39. The van der Waals surface area contributed by atoms with Gasteiger partial charge in [0.05, 0.1) is 38.3 Å². The van der Waals surface area contributed by atoms with Crippen molar-refractivity contribution in [2.24, 2.45) is 0 Å². The second kappa shape index (κ2) is 12.4. The van der Waals surface area contributed by atoms with Gasteiger partial charge in [0.1, 0.15) is 0 Å². The largest absolute Gasteiger partial charge is 0.493 e. The monoisotopic (exact) mass is 589 g/mol. The first-order chi connectivity index (χ1) is 20.1. The lowest BCUT2D eigenvalue weighted by Crippen LogP contribution is -2.52. The van der Waals surface area contributed by atoms with Gasteiger partial charge < -0.3 is 19.3 Å². The Morgan fingerprint density at radius 2 is 1.55 bits per heavy atom. The zero-order valence-corrected chi connectivity index (χ0v) is 26.0. The first-order valence-electron chi connectivity index (χ1n) is 14.7. The first kappa shape index (κ1) is 29.9. The topological polar surface area (TPSA) is 62.3 Å². The van der Waals surface area contributed by atoms with Crippen LogP contribution in [0.3, 0.4) is 0 Å². The molecule has 0 spiro atoms. The van der Waals surface area contributed by atoms with Crippen molar-refractivity contribution in [3.8, 4) is 11.5 Å². The normalized spacial score (nSPS) is 18.5. The standard InChI is InChI=1S/C34H40ClN3O4/c1-21(2)36-15-16-37(33(40)20-36)23(5)24-9-13-28(14-10-24)38-32(39)18-26-17-30(41-6)31(42-22(3)4)19-29(26)34(38)25-7-11-27(35)12-8-25/h7-14,17,19,21-23,34H,15-16,18,20H2,1-6H3/t23-,34-/m0/s1. The van der Waals surface area contributed by atoms with E-state index in [0.717, 1.165) is 34.5 Å². The maximum atomic E-state index is 13.8. The molecule has 2 heterocycles. The zero-order valence-electron chi connectivity index (χ0n) is 25.3. The lowest BCUT2D eigenvalue weighted by Gasteiger charge is -2.40. The van der Waals surface area contributed by atoms with Gasteiger partial charge in [-0.25, -0.2) is 0 Å². The van der Waals surface area contributed by atoms with Crippen molar-refractivity contribution in [3.63, 3.8) is 0 Å². The predicted octanol–water partition coefficient (Wildman–Crippen LogP) is 6.43. The number of benzene rings is 3. The molecule has 7 nitrogen and oxygen atoms in total. The molecule has 0 aliphatic carbocycles. The maximum absolute atomic E-state index is 13.8. The molecule has 2 atom stereocenters. The van der Waals surface area contributed by atoms with Crippen molar-refractivity contribution in [1.29, 1.82) is 0 Å². The third kappa shape index (κ3) is 5.99. The number of carbonyl (C=O) groups is 2. The van der Waals surface area contributed by atoms with Crippen molar-refractivity contribution in [1.82, 2.24) is 9.80 Å². The van der Waals surface area contributed by atoms with E-state index < -0.39 is 0 Å². The summed E-state index contributed by atoms with van der Waals surface area (Å²) in [4.78, 5) is 32.8. The predicted molar refractivity (Wildman–Crippen MR) is 167 cm³/mol. The van der Waals surface area contributed by atoms with E-state index in [4.69, 9.17) is 21.1 Å². The van der Waals surface area contributed by atoms with Crippen molar-refractivity contribution >= 4 is 29.1 Å². The van der Waals surface area contributed by atoms with Crippen molar-refractivity contribution in [3.05, 3.63) is 87.9 Å². The summed E-state index contributed by atoms with van der Waals surface area (Å²) in [5.41, 5.74) is 4.67. The quantitative estimate of drug-likeness (QED) is 0.303. The van der Waals surface area contributed by atoms with Crippen LogP contribution in [0.4, 0.5) is 5.69 Å². The molecule has 3 aromatic rings. The van der Waals surface area contributed by atoms with Gasteiger partial charge in [0.15, 0.2) is 11.5 Å². The Bertz CT molecular complexity index is 1440. The molecule has 1 fully saturated rings. The highest BCUT2D eigenvalue weighted by Gasteiger charge is 2.36. The van der Waals surface area contributed by atoms with Gasteiger partial charge in [-0.15, -0.1) is 0 Å². The van der Waals surface area contributed by atoms with Crippen LogP contribution in [0.1, 0.15) is 69.0 Å². The van der Waals surface area contributed by atoms with Crippen LogP contribution >= 0.6 is 11.6 Å². The minimum atomic E-state index is -0.382. The fraction of sp³-hybridized carbons (Fsp3) is 0.412. The average Bonchev–Trinajstić information content (AvgIpc) is 2.96. The van der Waals surface area contributed by atoms with E-state index in [0.29, 0.717) is 35.7 Å². The fourth-order valence-electron chi connectivity index (χ4n) is 5.98. The van der Waals surface area contributed by atoms with Gasteiger partial charge in [0.2, 0.25) is 11.8 Å². The molecule has 0 bridgehead atoms. The van der Waals surface area contributed by atoms with Crippen LogP contribution in [0.25, 0.3) is 0 Å². The summed E-state index contributed by atoms with van der Waals surface area (Å²) in [7, 11) is 1.61. The van der Waals surface area contributed by atoms with E-state index in [-0.39, 0.29) is 36.4 Å². The molecule has 0 saturated carbocycles. The number of rotatable bonds is 8. The highest BCUT2D eigenvalue weighted by Crippen LogP contribution is 2.44. The Hall–Kier alpha value is -3.55. The molecule has 1 saturated heterocycles. The Kier molecular flexibility index (Phi) is 8.81. The minimum Gasteiger partial charge on any atom is -0.493 e. The Labute approximate surface area is 254 Å². The highest BCUT2D eigenvalue weighted by molar-refractivity contribution is 6.30. The Morgan fingerprint density at radius 3 is 2.14 bits per heavy atom. The third-order valence-electron chi connectivity index (χ3n) is 8.28. The van der Waals surface area contributed by atoms with E-state index in [1.54, 1.807) is 7.11 Å². The zero-order chi connectivity index (χ0) is 30.1. The molecule has 2 amide bonds. The number of halogens is 1. The van der Waals surface area contributed by atoms with E-state index in [9.17, 15) is 9.59 Å². The van der Waals surface area contributed by atoms with Gasteiger partial charge >= 0.3 is 0 Å². The molecule has 8 heteroatoms. The van der Waals surface area contributed by atoms with Gasteiger partial charge in [-0.2, -0.15) is 0 Å². The highest BCUT2D eigenvalue weighted by atomic mass is 35.5. The van der Waals surface area contributed by atoms with Gasteiger partial charge in [-0.05, 0) is 93.3 Å².